The highest BCUT2D eigenvalue weighted by Crippen LogP contribution is 2.33. The standard InChI is InChI=1S/C22H21N5O4S2/c1-31-12-6-7-14-16(8-12)33-22(25-14)26-17(28)9-23-18(29)10-27-11-24-20-19(21(27)30)13-4-2-3-5-15(13)32-20/h6-8,11H,2-5,9-10H2,1H3,(H,23,29)(H,25,26,28). The Morgan fingerprint density at radius 3 is 2.88 bits per heavy atom. The van der Waals surface area contributed by atoms with Crippen molar-refractivity contribution >= 4 is 60.1 Å². The van der Waals surface area contributed by atoms with Crippen molar-refractivity contribution in [3.05, 3.63) is 45.3 Å². The van der Waals surface area contributed by atoms with Crippen molar-refractivity contribution in [3.63, 3.8) is 0 Å². The lowest BCUT2D eigenvalue weighted by Gasteiger charge is -2.10. The smallest absolute Gasteiger partial charge is 0.262 e. The van der Waals surface area contributed by atoms with Crippen LogP contribution in [0.15, 0.2) is 29.3 Å². The van der Waals surface area contributed by atoms with Gasteiger partial charge in [-0.1, -0.05) is 11.3 Å². The van der Waals surface area contributed by atoms with Crippen LogP contribution in [0.4, 0.5) is 5.13 Å². The van der Waals surface area contributed by atoms with Crippen LogP contribution in [0.5, 0.6) is 5.75 Å². The summed E-state index contributed by atoms with van der Waals surface area (Å²) in [5, 5.41) is 6.31. The summed E-state index contributed by atoms with van der Waals surface area (Å²) in [7, 11) is 1.59. The Balaban J connectivity index is 1.22. The first-order chi connectivity index (χ1) is 16.0. The lowest BCUT2D eigenvalue weighted by Crippen LogP contribution is -2.37. The third kappa shape index (κ3) is 4.33. The Bertz CT molecular complexity index is 1440. The minimum absolute atomic E-state index is 0.194. The minimum atomic E-state index is -0.438. The average molecular weight is 484 g/mol. The number of nitrogens with one attached hydrogen (secondary N) is 2. The lowest BCUT2D eigenvalue weighted by atomic mass is 9.97. The van der Waals surface area contributed by atoms with Gasteiger partial charge in [0.15, 0.2) is 5.13 Å². The number of methoxy groups -OCH3 is 1. The molecule has 0 bridgehead atoms. The number of benzene rings is 1. The summed E-state index contributed by atoms with van der Waals surface area (Å²) in [5.74, 6) is -0.129. The molecule has 1 aliphatic rings. The van der Waals surface area contributed by atoms with Gasteiger partial charge in [0.05, 0.1) is 35.6 Å². The summed E-state index contributed by atoms with van der Waals surface area (Å²) in [6, 6.07) is 5.46. The number of hydrogen-bond acceptors (Lipinski definition) is 8. The van der Waals surface area contributed by atoms with E-state index >= 15 is 0 Å². The molecule has 0 spiro atoms. The zero-order valence-corrected chi connectivity index (χ0v) is 19.5. The number of aromatic nitrogens is 3. The van der Waals surface area contributed by atoms with E-state index in [2.05, 4.69) is 20.6 Å². The van der Waals surface area contributed by atoms with Crippen molar-refractivity contribution in [1.82, 2.24) is 19.9 Å². The van der Waals surface area contributed by atoms with E-state index < -0.39 is 11.8 Å². The van der Waals surface area contributed by atoms with Crippen LogP contribution in [0, 0.1) is 0 Å². The number of nitrogens with zero attached hydrogens (tertiary/aromatic N) is 3. The van der Waals surface area contributed by atoms with E-state index in [0.29, 0.717) is 16.3 Å². The van der Waals surface area contributed by atoms with E-state index in [4.69, 9.17) is 4.74 Å². The second-order valence-corrected chi connectivity index (χ2v) is 9.86. The summed E-state index contributed by atoms with van der Waals surface area (Å²) in [6.45, 7) is -0.420. The highest BCUT2D eigenvalue weighted by Gasteiger charge is 2.20. The van der Waals surface area contributed by atoms with Gasteiger partial charge < -0.3 is 15.4 Å². The molecule has 2 amide bonds. The van der Waals surface area contributed by atoms with Crippen LogP contribution in [-0.4, -0.2) is 40.0 Å². The molecule has 0 atom stereocenters. The van der Waals surface area contributed by atoms with E-state index in [9.17, 15) is 14.4 Å². The Kier molecular flexibility index (Phi) is 5.81. The van der Waals surface area contributed by atoms with Gasteiger partial charge in [-0.3, -0.25) is 19.0 Å². The summed E-state index contributed by atoms with van der Waals surface area (Å²) >= 11 is 2.89. The van der Waals surface area contributed by atoms with Crippen molar-refractivity contribution in [3.8, 4) is 5.75 Å². The van der Waals surface area contributed by atoms with Crippen LogP contribution >= 0.6 is 22.7 Å². The zero-order valence-electron chi connectivity index (χ0n) is 17.8. The molecule has 1 aromatic carbocycles. The van der Waals surface area contributed by atoms with Crippen LogP contribution in [0.3, 0.4) is 0 Å². The number of anilines is 1. The number of rotatable bonds is 6. The average Bonchev–Trinajstić information content (AvgIpc) is 3.39. The molecule has 3 heterocycles. The largest absolute Gasteiger partial charge is 0.497 e. The number of carbonyl (C=O) groups is 2. The van der Waals surface area contributed by atoms with E-state index in [0.717, 1.165) is 46.3 Å². The minimum Gasteiger partial charge on any atom is -0.497 e. The maximum absolute atomic E-state index is 13.0. The fraction of sp³-hybridized carbons (Fsp3) is 0.318. The van der Waals surface area contributed by atoms with E-state index in [1.54, 1.807) is 24.5 Å². The number of ether oxygens (including phenoxy) is 1. The first kappa shape index (κ1) is 21.5. The van der Waals surface area contributed by atoms with Gasteiger partial charge in [0.1, 0.15) is 17.1 Å². The van der Waals surface area contributed by atoms with E-state index in [-0.39, 0.29) is 18.6 Å². The molecule has 11 heteroatoms. The molecule has 9 nitrogen and oxygen atoms in total. The number of carbonyl (C=O) groups excluding carboxylic acids is 2. The van der Waals surface area contributed by atoms with Crippen molar-refractivity contribution < 1.29 is 14.3 Å². The molecule has 1 aliphatic carbocycles. The summed E-state index contributed by atoms with van der Waals surface area (Å²) in [5.41, 5.74) is 1.63. The molecule has 4 aromatic rings. The second kappa shape index (κ2) is 8.91. The van der Waals surface area contributed by atoms with Crippen molar-refractivity contribution in [1.29, 1.82) is 0 Å². The normalized spacial score (nSPS) is 13.1. The van der Waals surface area contributed by atoms with Gasteiger partial charge in [-0.05, 0) is 49.4 Å². The predicted molar refractivity (Wildman–Crippen MR) is 128 cm³/mol. The molecular formula is C22H21N5O4S2. The van der Waals surface area contributed by atoms with Crippen LogP contribution in [0.25, 0.3) is 20.4 Å². The SMILES string of the molecule is COc1ccc2nc(NC(=O)CNC(=O)Cn3cnc4sc5c(c4c3=O)CCCC5)sc2c1. The summed E-state index contributed by atoms with van der Waals surface area (Å²) < 4.78 is 7.38. The molecule has 5 rings (SSSR count). The first-order valence-corrected chi connectivity index (χ1v) is 12.2. The van der Waals surface area contributed by atoms with Gasteiger partial charge in [-0.2, -0.15) is 0 Å². The third-order valence-electron chi connectivity index (χ3n) is 5.54. The fourth-order valence-corrected chi connectivity index (χ4v) is 6.06. The summed E-state index contributed by atoms with van der Waals surface area (Å²) in [6.07, 6.45) is 5.45. The monoisotopic (exact) mass is 483 g/mol. The second-order valence-electron chi connectivity index (χ2n) is 7.75. The maximum atomic E-state index is 13.0. The number of hydrogen-bond donors (Lipinski definition) is 2. The Hall–Kier alpha value is -3.31. The Morgan fingerprint density at radius 1 is 1.18 bits per heavy atom. The zero-order chi connectivity index (χ0) is 22.9. The molecule has 2 N–H and O–H groups in total. The van der Waals surface area contributed by atoms with Crippen molar-refractivity contribution in [2.45, 2.75) is 32.2 Å². The topological polar surface area (TPSA) is 115 Å². The molecule has 0 fully saturated rings. The Morgan fingerprint density at radius 2 is 2.03 bits per heavy atom. The van der Waals surface area contributed by atoms with Crippen LogP contribution < -0.4 is 20.9 Å². The lowest BCUT2D eigenvalue weighted by molar-refractivity contribution is -0.124. The van der Waals surface area contributed by atoms with Crippen LogP contribution in [0.2, 0.25) is 0 Å². The molecule has 0 saturated heterocycles. The van der Waals surface area contributed by atoms with Gasteiger partial charge in [0.25, 0.3) is 5.56 Å². The highest BCUT2D eigenvalue weighted by molar-refractivity contribution is 7.22. The van der Waals surface area contributed by atoms with Crippen molar-refractivity contribution in [2.75, 3.05) is 19.0 Å². The van der Waals surface area contributed by atoms with Gasteiger partial charge in [0, 0.05) is 4.88 Å². The number of thiophene rings is 1. The number of fused-ring (bicyclic) bond motifs is 4. The molecule has 0 saturated carbocycles. The molecular weight excluding hydrogens is 462 g/mol. The van der Waals surface area contributed by atoms with Gasteiger partial charge >= 0.3 is 0 Å². The molecule has 0 radical (unpaired) electrons. The first-order valence-electron chi connectivity index (χ1n) is 10.5. The number of thiazole rings is 1. The fourth-order valence-electron chi connectivity index (χ4n) is 3.93. The molecule has 0 aliphatic heterocycles. The molecule has 170 valence electrons. The predicted octanol–water partition coefficient (Wildman–Crippen LogP) is 2.71. The van der Waals surface area contributed by atoms with Gasteiger partial charge in [-0.15, -0.1) is 11.3 Å². The maximum Gasteiger partial charge on any atom is 0.262 e. The third-order valence-corrected chi connectivity index (χ3v) is 7.68. The van der Waals surface area contributed by atoms with E-state index in [1.807, 2.05) is 12.1 Å². The van der Waals surface area contributed by atoms with E-state index in [1.165, 1.54) is 27.1 Å². The molecule has 33 heavy (non-hydrogen) atoms. The summed E-state index contributed by atoms with van der Waals surface area (Å²) in [4.78, 5) is 48.3. The Labute approximate surface area is 196 Å². The van der Waals surface area contributed by atoms with Gasteiger partial charge in [-0.25, -0.2) is 9.97 Å². The number of aryl methyl sites for hydroxylation is 2. The van der Waals surface area contributed by atoms with Gasteiger partial charge in [0.2, 0.25) is 11.8 Å². The number of amides is 2. The van der Waals surface area contributed by atoms with Crippen molar-refractivity contribution in [2.24, 2.45) is 0 Å². The highest BCUT2D eigenvalue weighted by atomic mass is 32.1. The quantitative estimate of drug-likeness (QED) is 0.436. The van der Waals surface area contributed by atoms with Crippen LogP contribution in [0.1, 0.15) is 23.3 Å². The molecule has 3 aromatic heterocycles. The van der Waals surface area contributed by atoms with Crippen LogP contribution in [-0.2, 0) is 29.0 Å². The molecule has 0 unspecified atom stereocenters.